The minimum Gasteiger partial charge on any atom is -0.357 e. The molecule has 0 unspecified atom stereocenters. The molecule has 6 heteroatoms. The summed E-state index contributed by atoms with van der Waals surface area (Å²) >= 11 is 1.45. The van der Waals surface area contributed by atoms with Crippen LogP contribution in [0.5, 0.6) is 0 Å². The highest BCUT2D eigenvalue weighted by Crippen LogP contribution is 2.27. The molecule has 1 saturated carbocycles. The Morgan fingerprint density at radius 3 is 2.84 bits per heavy atom. The molecule has 0 bridgehead atoms. The highest BCUT2D eigenvalue weighted by molar-refractivity contribution is 7.20. The Balaban J connectivity index is 1.82. The molecule has 0 aliphatic heterocycles. The van der Waals surface area contributed by atoms with Gasteiger partial charge in [-0.1, -0.05) is 18.3 Å². The lowest BCUT2D eigenvalue weighted by Crippen LogP contribution is -2.25. The molecule has 102 valence electrons. The molecule has 0 spiro atoms. The summed E-state index contributed by atoms with van der Waals surface area (Å²) in [5, 5.41) is 8.56. The van der Waals surface area contributed by atoms with Crippen molar-refractivity contribution in [2.24, 2.45) is 5.92 Å². The van der Waals surface area contributed by atoms with Gasteiger partial charge >= 0.3 is 0 Å². The Morgan fingerprint density at radius 2 is 2.11 bits per heavy atom. The van der Waals surface area contributed by atoms with E-state index < -0.39 is 0 Å². The Bertz CT molecular complexity index is 640. The van der Waals surface area contributed by atoms with Crippen molar-refractivity contribution in [2.75, 3.05) is 5.32 Å². The lowest BCUT2D eigenvalue weighted by molar-refractivity contribution is 0.361. The Labute approximate surface area is 115 Å². The summed E-state index contributed by atoms with van der Waals surface area (Å²) in [5.74, 6) is 0.834. The van der Waals surface area contributed by atoms with Crippen LogP contribution in [-0.2, 0) is 0 Å². The van der Waals surface area contributed by atoms with Gasteiger partial charge in [0.25, 0.3) is 5.56 Å². The van der Waals surface area contributed by atoms with Gasteiger partial charge in [0.2, 0.25) is 10.1 Å². The number of nitrogens with zero attached hydrogens (tertiary/aromatic N) is 3. The smallest absolute Gasteiger partial charge is 0.275 e. The van der Waals surface area contributed by atoms with Crippen LogP contribution in [0.15, 0.2) is 10.9 Å². The molecular formula is C13H18N4OS. The number of hydrogen-bond donors (Lipinski definition) is 1. The highest BCUT2D eigenvalue weighted by Gasteiger charge is 2.19. The molecule has 2 heterocycles. The molecule has 3 rings (SSSR count). The summed E-state index contributed by atoms with van der Waals surface area (Å²) in [4.78, 5) is 16.8. The third kappa shape index (κ3) is 2.63. The monoisotopic (exact) mass is 278 g/mol. The van der Waals surface area contributed by atoms with E-state index in [1.54, 1.807) is 0 Å². The van der Waals surface area contributed by atoms with E-state index in [1.807, 2.05) is 6.92 Å². The number of aromatic nitrogens is 3. The molecule has 19 heavy (non-hydrogen) atoms. The quantitative estimate of drug-likeness (QED) is 0.916. The first-order valence-electron chi connectivity index (χ1n) is 6.76. The summed E-state index contributed by atoms with van der Waals surface area (Å²) in [6, 6.07) is 1.99. The molecule has 0 saturated heterocycles. The average molecular weight is 278 g/mol. The average Bonchev–Trinajstić information content (AvgIpc) is 2.75. The maximum Gasteiger partial charge on any atom is 0.275 e. The van der Waals surface area contributed by atoms with Crippen LogP contribution in [0.1, 0.15) is 38.3 Å². The van der Waals surface area contributed by atoms with E-state index >= 15 is 0 Å². The van der Waals surface area contributed by atoms with E-state index in [-0.39, 0.29) is 5.56 Å². The van der Waals surface area contributed by atoms with Crippen LogP contribution in [0, 0.1) is 12.8 Å². The van der Waals surface area contributed by atoms with E-state index in [9.17, 15) is 4.79 Å². The third-order valence-corrected chi connectivity index (χ3v) is 4.56. The largest absolute Gasteiger partial charge is 0.357 e. The van der Waals surface area contributed by atoms with Crippen molar-refractivity contribution in [1.82, 2.24) is 14.6 Å². The van der Waals surface area contributed by atoms with Crippen molar-refractivity contribution in [3.8, 4) is 0 Å². The predicted octanol–water partition coefficient (Wildman–Crippen LogP) is 2.45. The number of nitrogens with one attached hydrogen (secondary N) is 1. The van der Waals surface area contributed by atoms with Gasteiger partial charge in [-0.15, -0.1) is 5.10 Å². The fraction of sp³-hybridized carbons (Fsp3) is 0.615. The van der Waals surface area contributed by atoms with Crippen LogP contribution >= 0.6 is 11.3 Å². The minimum absolute atomic E-state index is 0.107. The molecule has 0 radical (unpaired) electrons. The van der Waals surface area contributed by atoms with Gasteiger partial charge < -0.3 is 5.32 Å². The Hall–Kier alpha value is -1.43. The number of fused-ring (bicyclic) bond motifs is 1. The number of anilines is 1. The van der Waals surface area contributed by atoms with E-state index in [1.165, 1.54) is 47.6 Å². The van der Waals surface area contributed by atoms with Crippen molar-refractivity contribution in [1.29, 1.82) is 0 Å². The second-order valence-corrected chi connectivity index (χ2v) is 6.39. The maximum absolute atomic E-state index is 11.8. The number of hydrogen-bond acceptors (Lipinski definition) is 5. The van der Waals surface area contributed by atoms with Gasteiger partial charge in [0.05, 0.1) is 0 Å². The van der Waals surface area contributed by atoms with Gasteiger partial charge in [0.1, 0.15) is 0 Å². The van der Waals surface area contributed by atoms with Gasteiger partial charge in [0.15, 0.2) is 0 Å². The van der Waals surface area contributed by atoms with Crippen LogP contribution in [0.2, 0.25) is 0 Å². The molecule has 0 aromatic carbocycles. The first-order valence-corrected chi connectivity index (χ1v) is 7.57. The molecule has 0 amide bonds. The topological polar surface area (TPSA) is 59.3 Å². The minimum atomic E-state index is -0.107. The molecule has 1 fully saturated rings. The fourth-order valence-electron chi connectivity index (χ4n) is 2.56. The van der Waals surface area contributed by atoms with Crippen molar-refractivity contribution < 1.29 is 0 Å². The molecule has 2 aromatic heterocycles. The Morgan fingerprint density at radius 1 is 1.37 bits per heavy atom. The van der Waals surface area contributed by atoms with Gasteiger partial charge in [-0.2, -0.15) is 4.52 Å². The molecule has 1 aliphatic rings. The maximum atomic E-state index is 11.8. The second kappa shape index (κ2) is 4.92. The van der Waals surface area contributed by atoms with Crippen LogP contribution in [0.3, 0.4) is 0 Å². The second-order valence-electron chi connectivity index (χ2n) is 5.44. The first-order chi connectivity index (χ1) is 9.11. The van der Waals surface area contributed by atoms with Crippen molar-refractivity contribution >= 4 is 21.4 Å². The molecule has 1 N–H and O–H groups in total. The van der Waals surface area contributed by atoms with Crippen molar-refractivity contribution in [3.05, 3.63) is 22.1 Å². The molecule has 1 aliphatic carbocycles. The van der Waals surface area contributed by atoms with Crippen LogP contribution in [-0.4, -0.2) is 20.6 Å². The van der Waals surface area contributed by atoms with E-state index in [0.29, 0.717) is 11.0 Å². The normalized spacial score (nSPS) is 23.7. The zero-order chi connectivity index (χ0) is 13.4. The molecule has 0 atom stereocenters. The van der Waals surface area contributed by atoms with Gasteiger partial charge in [-0.3, -0.25) is 4.79 Å². The van der Waals surface area contributed by atoms with Crippen molar-refractivity contribution in [2.45, 2.75) is 45.6 Å². The van der Waals surface area contributed by atoms with Gasteiger partial charge in [-0.25, -0.2) is 4.98 Å². The van der Waals surface area contributed by atoms with E-state index in [0.717, 1.165) is 16.7 Å². The fourth-order valence-corrected chi connectivity index (χ4v) is 3.49. The van der Waals surface area contributed by atoms with Gasteiger partial charge in [-0.05, 0) is 38.5 Å². The third-order valence-electron chi connectivity index (χ3n) is 3.72. The summed E-state index contributed by atoms with van der Waals surface area (Å²) in [6.45, 7) is 4.14. The SMILES string of the molecule is Cc1cc(=O)n2nc(NC3CCC(C)CC3)sc2n1. The lowest BCUT2D eigenvalue weighted by Gasteiger charge is -2.26. The van der Waals surface area contributed by atoms with Crippen molar-refractivity contribution in [3.63, 3.8) is 0 Å². The number of rotatable bonds is 2. The lowest BCUT2D eigenvalue weighted by atomic mass is 9.87. The van der Waals surface area contributed by atoms with Crippen LogP contribution in [0.25, 0.3) is 4.96 Å². The first kappa shape index (κ1) is 12.6. The summed E-state index contributed by atoms with van der Waals surface area (Å²) < 4.78 is 1.38. The van der Waals surface area contributed by atoms with Crippen LogP contribution < -0.4 is 10.9 Å². The molecular weight excluding hydrogens is 260 g/mol. The highest BCUT2D eigenvalue weighted by atomic mass is 32.1. The molecule has 5 nitrogen and oxygen atoms in total. The van der Waals surface area contributed by atoms with E-state index in [4.69, 9.17) is 0 Å². The standard InChI is InChI=1S/C13H18N4OS/c1-8-3-5-10(6-4-8)15-12-16-17-11(18)7-9(2)14-13(17)19-12/h7-8,10H,3-6H2,1-2H3,(H,15,16). The van der Waals surface area contributed by atoms with E-state index in [2.05, 4.69) is 22.3 Å². The predicted molar refractivity (Wildman–Crippen MR) is 76.9 cm³/mol. The summed E-state index contributed by atoms with van der Waals surface area (Å²) in [6.07, 6.45) is 4.89. The van der Waals surface area contributed by atoms with Crippen LogP contribution in [0.4, 0.5) is 5.13 Å². The number of aryl methyl sites for hydroxylation is 1. The summed E-state index contributed by atoms with van der Waals surface area (Å²) in [5.41, 5.74) is 0.635. The Kier molecular flexibility index (Phi) is 3.26. The van der Waals surface area contributed by atoms with Gasteiger partial charge in [0, 0.05) is 17.8 Å². The zero-order valence-electron chi connectivity index (χ0n) is 11.2. The zero-order valence-corrected chi connectivity index (χ0v) is 12.0. The molecule has 2 aromatic rings. The summed E-state index contributed by atoms with van der Waals surface area (Å²) in [7, 11) is 0.